The first-order valence-corrected chi connectivity index (χ1v) is 5.65. The number of halogens is 1. The Balaban J connectivity index is 2.19. The summed E-state index contributed by atoms with van der Waals surface area (Å²) >= 11 is 5.86. The predicted octanol–water partition coefficient (Wildman–Crippen LogP) is 1.84. The van der Waals surface area contributed by atoms with Crippen LogP contribution < -0.4 is 11.1 Å². The summed E-state index contributed by atoms with van der Waals surface area (Å²) in [7, 11) is 0. The zero-order valence-electron chi connectivity index (χ0n) is 9.43. The fourth-order valence-corrected chi connectivity index (χ4v) is 1.57. The van der Waals surface area contributed by atoms with E-state index >= 15 is 0 Å². The van der Waals surface area contributed by atoms with Gasteiger partial charge in [-0.2, -0.15) is 0 Å². The van der Waals surface area contributed by atoms with Crippen molar-refractivity contribution < 1.29 is 4.79 Å². The van der Waals surface area contributed by atoms with E-state index in [1.54, 1.807) is 36.7 Å². The van der Waals surface area contributed by atoms with Crippen LogP contribution in [-0.4, -0.2) is 15.9 Å². The van der Waals surface area contributed by atoms with Crippen LogP contribution in [0, 0.1) is 0 Å². The van der Waals surface area contributed by atoms with Crippen molar-refractivity contribution in [3.8, 4) is 0 Å². The maximum absolute atomic E-state index is 12.0. The van der Waals surface area contributed by atoms with E-state index in [-0.39, 0.29) is 17.6 Å². The van der Waals surface area contributed by atoms with E-state index in [1.165, 1.54) is 0 Å². The number of carbonyl (C=O) groups excluding carboxylic acids is 1. The second-order valence-electron chi connectivity index (χ2n) is 3.54. The van der Waals surface area contributed by atoms with Gasteiger partial charge in [0, 0.05) is 24.5 Å². The van der Waals surface area contributed by atoms with E-state index in [0.717, 1.165) is 0 Å². The smallest absolute Gasteiger partial charge is 0.255 e. The van der Waals surface area contributed by atoms with Gasteiger partial charge in [-0.25, -0.2) is 4.98 Å². The maximum atomic E-state index is 12.0. The summed E-state index contributed by atoms with van der Waals surface area (Å²) in [5.74, 6) is -0.276. The lowest BCUT2D eigenvalue weighted by molar-refractivity contribution is 0.102. The normalized spacial score (nSPS) is 10.1. The molecule has 3 N–H and O–H groups in total. The van der Waals surface area contributed by atoms with Crippen molar-refractivity contribution in [2.24, 2.45) is 5.73 Å². The number of carbonyl (C=O) groups is 1. The Kier molecular flexibility index (Phi) is 3.86. The number of nitrogens with one attached hydrogen (secondary N) is 1. The monoisotopic (exact) mass is 262 g/mol. The number of hydrogen-bond acceptors (Lipinski definition) is 4. The van der Waals surface area contributed by atoms with Crippen molar-refractivity contribution in [2.45, 2.75) is 6.54 Å². The van der Waals surface area contributed by atoms with Gasteiger partial charge in [-0.1, -0.05) is 11.6 Å². The molecule has 0 atom stereocenters. The van der Waals surface area contributed by atoms with Crippen LogP contribution in [0.15, 0.2) is 36.7 Å². The van der Waals surface area contributed by atoms with Gasteiger partial charge in [-0.15, -0.1) is 0 Å². The molecule has 6 heteroatoms. The molecule has 0 aliphatic rings. The molecule has 92 valence electrons. The molecule has 2 rings (SSSR count). The lowest BCUT2D eigenvalue weighted by Crippen LogP contribution is -2.13. The number of pyridine rings is 2. The van der Waals surface area contributed by atoms with Gasteiger partial charge in [-0.3, -0.25) is 9.78 Å². The molecule has 0 bridgehead atoms. The number of rotatable bonds is 3. The third-order valence-corrected chi connectivity index (χ3v) is 2.60. The van der Waals surface area contributed by atoms with Crippen molar-refractivity contribution in [1.29, 1.82) is 0 Å². The molecule has 5 nitrogen and oxygen atoms in total. The average Bonchev–Trinajstić information content (AvgIpc) is 2.41. The molecule has 18 heavy (non-hydrogen) atoms. The fraction of sp³-hybridized carbons (Fsp3) is 0.0833. The van der Waals surface area contributed by atoms with Crippen LogP contribution in [0.2, 0.25) is 5.15 Å². The predicted molar refractivity (Wildman–Crippen MR) is 69.3 cm³/mol. The quantitative estimate of drug-likeness (QED) is 0.827. The Morgan fingerprint density at radius 1 is 1.33 bits per heavy atom. The van der Waals surface area contributed by atoms with Gasteiger partial charge in [0.15, 0.2) is 5.15 Å². The number of nitrogens with two attached hydrogens (primary N) is 1. The Bertz CT molecular complexity index is 574. The third kappa shape index (κ3) is 2.82. The van der Waals surface area contributed by atoms with Crippen LogP contribution in [0.5, 0.6) is 0 Å². The zero-order chi connectivity index (χ0) is 13.0. The summed E-state index contributed by atoms with van der Waals surface area (Å²) < 4.78 is 0. The van der Waals surface area contributed by atoms with E-state index in [4.69, 9.17) is 17.3 Å². The topological polar surface area (TPSA) is 80.9 Å². The summed E-state index contributed by atoms with van der Waals surface area (Å²) in [5, 5.41) is 2.92. The maximum Gasteiger partial charge on any atom is 0.255 e. The van der Waals surface area contributed by atoms with Gasteiger partial charge in [0.1, 0.15) is 0 Å². The number of hydrogen-bond donors (Lipinski definition) is 2. The molecule has 0 saturated carbocycles. The number of nitrogens with zero attached hydrogens (tertiary/aromatic N) is 2. The molecule has 0 aliphatic heterocycles. The number of amides is 1. The lowest BCUT2D eigenvalue weighted by atomic mass is 10.2. The standard InChI is InChI=1S/C12H11ClN4O/c13-11-10(2-1-4-16-11)17-12(18)8-3-5-15-9(6-8)7-14/h1-6H,7,14H2,(H,17,18). The molecule has 0 spiro atoms. The summed E-state index contributed by atoms with van der Waals surface area (Å²) in [6.45, 7) is 0.286. The molecule has 2 aromatic rings. The second-order valence-corrected chi connectivity index (χ2v) is 3.89. The highest BCUT2D eigenvalue weighted by Crippen LogP contribution is 2.18. The van der Waals surface area contributed by atoms with Crippen LogP contribution in [0.1, 0.15) is 16.1 Å². The zero-order valence-corrected chi connectivity index (χ0v) is 10.2. The largest absolute Gasteiger partial charge is 0.325 e. The lowest BCUT2D eigenvalue weighted by Gasteiger charge is -2.06. The van der Waals surface area contributed by atoms with Crippen LogP contribution in [0.4, 0.5) is 5.69 Å². The third-order valence-electron chi connectivity index (χ3n) is 2.30. The van der Waals surface area contributed by atoms with E-state index in [0.29, 0.717) is 16.9 Å². The van der Waals surface area contributed by atoms with E-state index < -0.39 is 0 Å². The summed E-state index contributed by atoms with van der Waals surface area (Å²) in [6.07, 6.45) is 3.10. The van der Waals surface area contributed by atoms with Crippen molar-refractivity contribution in [1.82, 2.24) is 9.97 Å². The van der Waals surface area contributed by atoms with Crippen molar-refractivity contribution in [3.63, 3.8) is 0 Å². The van der Waals surface area contributed by atoms with Gasteiger partial charge in [0.25, 0.3) is 5.91 Å². The van der Waals surface area contributed by atoms with Gasteiger partial charge >= 0.3 is 0 Å². The molecule has 1 amide bonds. The minimum Gasteiger partial charge on any atom is -0.325 e. The molecular weight excluding hydrogens is 252 g/mol. The number of anilines is 1. The first-order chi connectivity index (χ1) is 8.70. The Morgan fingerprint density at radius 2 is 2.17 bits per heavy atom. The fourth-order valence-electron chi connectivity index (χ4n) is 1.40. The molecule has 0 fully saturated rings. The average molecular weight is 263 g/mol. The summed E-state index contributed by atoms with van der Waals surface area (Å²) in [6, 6.07) is 6.62. The van der Waals surface area contributed by atoms with Crippen molar-refractivity contribution >= 4 is 23.2 Å². The van der Waals surface area contributed by atoms with Gasteiger partial charge in [-0.05, 0) is 24.3 Å². The second kappa shape index (κ2) is 5.57. The molecule has 0 radical (unpaired) electrons. The molecule has 0 unspecified atom stereocenters. The van der Waals surface area contributed by atoms with E-state index in [1.807, 2.05) is 0 Å². The molecule has 0 saturated heterocycles. The SMILES string of the molecule is NCc1cc(C(=O)Nc2cccnc2Cl)ccn1. The van der Waals surface area contributed by atoms with Crippen LogP contribution in [0.25, 0.3) is 0 Å². The minimum atomic E-state index is -0.276. The molecular formula is C12H11ClN4O. The van der Waals surface area contributed by atoms with E-state index in [9.17, 15) is 4.79 Å². The number of aromatic nitrogens is 2. The molecule has 0 aliphatic carbocycles. The minimum absolute atomic E-state index is 0.249. The van der Waals surface area contributed by atoms with Crippen LogP contribution >= 0.6 is 11.6 Å². The van der Waals surface area contributed by atoms with Crippen LogP contribution in [0.3, 0.4) is 0 Å². The summed E-state index contributed by atoms with van der Waals surface area (Å²) in [5.41, 5.74) is 7.07. The highest BCUT2D eigenvalue weighted by atomic mass is 35.5. The van der Waals surface area contributed by atoms with Gasteiger partial charge in [0.2, 0.25) is 0 Å². The first-order valence-electron chi connectivity index (χ1n) is 5.27. The molecule has 0 aromatic carbocycles. The summed E-state index contributed by atoms with van der Waals surface area (Å²) in [4.78, 5) is 19.9. The van der Waals surface area contributed by atoms with Crippen LogP contribution in [-0.2, 0) is 6.54 Å². The molecule has 2 aromatic heterocycles. The Labute approximate surface area is 109 Å². The Hall–Kier alpha value is -1.98. The van der Waals surface area contributed by atoms with Gasteiger partial charge < -0.3 is 11.1 Å². The molecule has 2 heterocycles. The van der Waals surface area contributed by atoms with Gasteiger partial charge in [0.05, 0.1) is 11.4 Å². The van der Waals surface area contributed by atoms with Crippen molar-refractivity contribution in [3.05, 3.63) is 53.1 Å². The first kappa shape index (κ1) is 12.5. The van der Waals surface area contributed by atoms with E-state index in [2.05, 4.69) is 15.3 Å². The highest BCUT2D eigenvalue weighted by Gasteiger charge is 2.09. The Morgan fingerprint density at radius 3 is 2.89 bits per heavy atom. The highest BCUT2D eigenvalue weighted by molar-refractivity contribution is 6.32. The van der Waals surface area contributed by atoms with Crippen molar-refractivity contribution in [2.75, 3.05) is 5.32 Å².